The molecule has 0 atom stereocenters. The molecule has 1 N–H and O–H groups in total. The number of H-pyrrole nitrogens is 1. The monoisotopic (exact) mass is 373 g/mol. The number of ether oxygens (including phenoxy) is 1. The van der Waals surface area contributed by atoms with Crippen molar-refractivity contribution in [3.8, 4) is 16.9 Å². The highest BCUT2D eigenvalue weighted by Gasteiger charge is 2.17. The predicted molar refractivity (Wildman–Crippen MR) is 111 cm³/mol. The third-order valence-electron chi connectivity index (χ3n) is 4.85. The Kier molecular flexibility index (Phi) is 4.98. The highest BCUT2D eigenvalue weighted by molar-refractivity contribution is 5.80. The van der Waals surface area contributed by atoms with Crippen molar-refractivity contribution < 1.29 is 4.74 Å². The van der Waals surface area contributed by atoms with Gasteiger partial charge in [-0.1, -0.05) is 55.8 Å². The van der Waals surface area contributed by atoms with Gasteiger partial charge in [-0.3, -0.25) is 9.89 Å². The summed E-state index contributed by atoms with van der Waals surface area (Å²) in [6.07, 6.45) is 2.42. The van der Waals surface area contributed by atoms with Gasteiger partial charge in [-0.05, 0) is 29.7 Å². The molecule has 2 aromatic carbocycles. The van der Waals surface area contributed by atoms with E-state index in [4.69, 9.17) is 9.72 Å². The van der Waals surface area contributed by atoms with E-state index in [0.717, 1.165) is 41.1 Å². The summed E-state index contributed by atoms with van der Waals surface area (Å²) in [5.74, 6) is 0.796. The smallest absolute Gasteiger partial charge is 0.272 e. The van der Waals surface area contributed by atoms with Crippen molar-refractivity contribution in [3.05, 3.63) is 88.0 Å². The lowest BCUT2D eigenvalue weighted by Crippen LogP contribution is -2.15. The lowest BCUT2D eigenvalue weighted by molar-refractivity contribution is 0.415. The maximum atomic E-state index is 12.7. The maximum Gasteiger partial charge on any atom is 0.272 e. The lowest BCUT2D eigenvalue weighted by atomic mass is 10.0. The van der Waals surface area contributed by atoms with Crippen LogP contribution in [0, 0.1) is 0 Å². The lowest BCUT2D eigenvalue weighted by Gasteiger charge is -2.06. The first-order valence-corrected chi connectivity index (χ1v) is 9.51. The van der Waals surface area contributed by atoms with Crippen LogP contribution in [0.5, 0.6) is 5.75 Å². The number of aromatic nitrogens is 3. The number of nitrogens with one attached hydrogen (secondary N) is 1. The molecule has 28 heavy (non-hydrogen) atoms. The summed E-state index contributed by atoms with van der Waals surface area (Å²) in [4.78, 5) is 17.5. The third kappa shape index (κ3) is 3.43. The molecule has 2 aromatic heterocycles. The van der Waals surface area contributed by atoms with Gasteiger partial charge in [0, 0.05) is 29.4 Å². The molecule has 0 fully saturated rings. The van der Waals surface area contributed by atoms with Gasteiger partial charge in [-0.25, -0.2) is 9.50 Å². The maximum absolute atomic E-state index is 12.7. The van der Waals surface area contributed by atoms with Gasteiger partial charge < -0.3 is 4.74 Å². The van der Waals surface area contributed by atoms with Crippen molar-refractivity contribution in [1.29, 1.82) is 0 Å². The van der Waals surface area contributed by atoms with E-state index in [1.807, 2.05) is 42.5 Å². The Balaban J connectivity index is 1.93. The topological polar surface area (TPSA) is 59.4 Å². The molecule has 142 valence electrons. The summed E-state index contributed by atoms with van der Waals surface area (Å²) in [6.45, 7) is 2.09. The first kappa shape index (κ1) is 18.0. The largest absolute Gasteiger partial charge is 0.497 e. The van der Waals surface area contributed by atoms with E-state index >= 15 is 0 Å². The SMILES string of the molecule is CCCc1cc(=O)n2[nH]c(Cc3ccccc3)c(-c3ccc(OC)cc3)c2n1. The Bertz CT molecular complexity index is 1140. The Morgan fingerprint density at radius 2 is 1.82 bits per heavy atom. The van der Waals surface area contributed by atoms with E-state index in [0.29, 0.717) is 12.1 Å². The highest BCUT2D eigenvalue weighted by Crippen LogP contribution is 2.30. The number of fused-ring (bicyclic) bond motifs is 1. The molecule has 0 amide bonds. The first-order valence-electron chi connectivity index (χ1n) is 9.51. The number of rotatable bonds is 6. The normalized spacial score (nSPS) is 11.1. The molecule has 0 unspecified atom stereocenters. The Morgan fingerprint density at radius 3 is 2.50 bits per heavy atom. The van der Waals surface area contributed by atoms with Crippen LogP contribution in [0.2, 0.25) is 0 Å². The summed E-state index contributed by atoms with van der Waals surface area (Å²) in [7, 11) is 1.65. The van der Waals surface area contributed by atoms with Crippen molar-refractivity contribution in [2.24, 2.45) is 0 Å². The summed E-state index contributed by atoms with van der Waals surface area (Å²) in [5.41, 5.74) is 5.52. The van der Waals surface area contributed by atoms with Gasteiger partial charge in [0.2, 0.25) is 0 Å². The van der Waals surface area contributed by atoms with Crippen LogP contribution in [0.1, 0.15) is 30.3 Å². The quantitative estimate of drug-likeness (QED) is 0.550. The van der Waals surface area contributed by atoms with Crippen LogP contribution in [-0.4, -0.2) is 21.7 Å². The molecule has 0 aliphatic rings. The Morgan fingerprint density at radius 1 is 1.07 bits per heavy atom. The molecule has 0 bridgehead atoms. The minimum absolute atomic E-state index is 0.0810. The second-order valence-corrected chi connectivity index (χ2v) is 6.85. The van der Waals surface area contributed by atoms with E-state index in [9.17, 15) is 4.79 Å². The first-order chi connectivity index (χ1) is 13.7. The third-order valence-corrected chi connectivity index (χ3v) is 4.85. The fourth-order valence-electron chi connectivity index (χ4n) is 3.50. The summed E-state index contributed by atoms with van der Waals surface area (Å²) < 4.78 is 6.84. The average molecular weight is 373 g/mol. The van der Waals surface area contributed by atoms with Crippen LogP contribution >= 0.6 is 0 Å². The standard InChI is InChI=1S/C23H23N3O2/c1-3-7-18-15-21(27)26-23(24-18)22(17-10-12-19(28-2)13-11-17)20(25-26)14-16-8-5-4-6-9-16/h4-6,8-13,15,25H,3,7,14H2,1-2H3. The molecular weight excluding hydrogens is 350 g/mol. The summed E-state index contributed by atoms with van der Waals surface area (Å²) in [5, 5.41) is 3.29. The van der Waals surface area contributed by atoms with Gasteiger partial charge in [0.15, 0.2) is 5.65 Å². The Labute approximate surface area is 163 Å². The van der Waals surface area contributed by atoms with Gasteiger partial charge in [-0.2, -0.15) is 0 Å². The molecule has 0 aliphatic carbocycles. The molecule has 2 heterocycles. The molecule has 5 heteroatoms. The van der Waals surface area contributed by atoms with Crippen LogP contribution in [0.4, 0.5) is 0 Å². The van der Waals surface area contributed by atoms with E-state index in [1.54, 1.807) is 17.7 Å². The van der Waals surface area contributed by atoms with Crippen molar-refractivity contribution in [2.75, 3.05) is 7.11 Å². The van der Waals surface area contributed by atoms with E-state index in [1.165, 1.54) is 5.56 Å². The van der Waals surface area contributed by atoms with Crippen LogP contribution in [0.25, 0.3) is 16.8 Å². The molecule has 0 saturated carbocycles. The summed E-state index contributed by atoms with van der Waals surface area (Å²) in [6, 6.07) is 19.7. The fraction of sp³-hybridized carbons (Fsp3) is 0.217. The number of methoxy groups -OCH3 is 1. The van der Waals surface area contributed by atoms with Gasteiger partial charge in [-0.15, -0.1) is 0 Å². The van der Waals surface area contributed by atoms with E-state index < -0.39 is 0 Å². The zero-order valence-electron chi connectivity index (χ0n) is 16.1. The van der Waals surface area contributed by atoms with Crippen LogP contribution in [-0.2, 0) is 12.8 Å². The van der Waals surface area contributed by atoms with Crippen molar-refractivity contribution in [1.82, 2.24) is 14.6 Å². The van der Waals surface area contributed by atoms with Crippen LogP contribution in [0.3, 0.4) is 0 Å². The van der Waals surface area contributed by atoms with Crippen molar-refractivity contribution >= 4 is 5.65 Å². The van der Waals surface area contributed by atoms with Gasteiger partial charge in [0.05, 0.1) is 7.11 Å². The molecule has 0 saturated heterocycles. The zero-order chi connectivity index (χ0) is 19.5. The van der Waals surface area contributed by atoms with Crippen molar-refractivity contribution in [2.45, 2.75) is 26.2 Å². The zero-order valence-corrected chi connectivity index (χ0v) is 16.1. The summed E-state index contributed by atoms with van der Waals surface area (Å²) >= 11 is 0. The number of hydrogen-bond donors (Lipinski definition) is 1. The van der Waals surface area contributed by atoms with Crippen molar-refractivity contribution in [3.63, 3.8) is 0 Å². The van der Waals surface area contributed by atoms with Gasteiger partial charge >= 0.3 is 0 Å². The van der Waals surface area contributed by atoms with Crippen LogP contribution < -0.4 is 10.3 Å². The van der Waals surface area contributed by atoms with Gasteiger partial charge in [0.25, 0.3) is 5.56 Å². The van der Waals surface area contributed by atoms with E-state index in [-0.39, 0.29) is 5.56 Å². The number of benzene rings is 2. The molecule has 5 nitrogen and oxygen atoms in total. The fourth-order valence-corrected chi connectivity index (χ4v) is 3.50. The molecule has 0 spiro atoms. The number of hydrogen-bond acceptors (Lipinski definition) is 3. The highest BCUT2D eigenvalue weighted by atomic mass is 16.5. The molecule has 4 aromatic rings. The minimum atomic E-state index is -0.0810. The minimum Gasteiger partial charge on any atom is -0.497 e. The predicted octanol–water partition coefficient (Wildman–Crippen LogP) is 4.24. The Hall–Kier alpha value is -3.34. The number of aryl methyl sites for hydroxylation is 1. The molecule has 0 radical (unpaired) electrons. The van der Waals surface area contributed by atoms with E-state index in [2.05, 4.69) is 24.2 Å². The molecule has 4 rings (SSSR count). The second kappa shape index (κ2) is 7.72. The second-order valence-electron chi connectivity index (χ2n) is 6.85. The number of nitrogens with zero attached hydrogens (tertiary/aromatic N) is 2. The van der Waals surface area contributed by atoms with Crippen LogP contribution in [0.15, 0.2) is 65.5 Å². The average Bonchev–Trinajstić information content (AvgIpc) is 3.07. The number of aromatic amines is 1. The molecule has 0 aliphatic heterocycles. The van der Waals surface area contributed by atoms with Gasteiger partial charge in [0.1, 0.15) is 5.75 Å². The molecular formula is C23H23N3O2.